The van der Waals surface area contributed by atoms with Gasteiger partial charge in [-0.25, -0.2) is 19.8 Å². The molecule has 0 bridgehead atoms. The third kappa shape index (κ3) is 5.70. The SMILES string of the molecule is COc1cccc([C@H]2C(C(=O)OC(C)C)=C(C)N=c3s/c(=C\c4cc(Br)c(Sc5nccc(C)n5)o4)c(=O)n32)c1. The molecule has 0 saturated carbocycles. The Hall–Kier alpha value is -3.48. The Labute approximate surface area is 246 Å². The number of aryl methyl sites for hydroxylation is 1. The molecule has 12 heteroatoms. The van der Waals surface area contributed by atoms with Gasteiger partial charge in [0.15, 0.2) is 15.1 Å². The van der Waals surface area contributed by atoms with Gasteiger partial charge in [0.2, 0.25) is 0 Å². The molecule has 3 aromatic heterocycles. The van der Waals surface area contributed by atoms with Crippen LogP contribution >= 0.6 is 39.0 Å². The summed E-state index contributed by atoms with van der Waals surface area (Å²) in [6.45, 7) is 7.20. The van der Waals surface area contributed by atoms with Crippen molar-refractivity contribution in [2.24, 2.45) is 4.99 Å². The zero-order chi connectivity index (χ0) is 28.6. The second-order valence-electron chi connectivity index (χ2n) is 9.18. The van der Waals surface area contributed by atoms with Gasteiger partial charge in [-0.05, 0) is 85.2 Å². The Morgan fingerprint density at radius 1 is 1.25 bits per heavy atom. The molecule has 9 nitrogen and oxygen atoms in total. The molecule has 4 aromatic rings. The van der Waals surface area contributed by atoms with Crippen molar-refractivity contribution in [1.82, 2.24) is 14.5 Å². The number of benzene rings is 1. The van der Waals surface area contributed by atoms with E-state index in [1.807, 2.05) is 37.3 Å². The first kappa shape index (κ1) is 28.1. The van der Waals surface area contributed by atoms with Gasteiger partial charge < -0.3 is 13.9 Å². The monoisotopic (exact) mass is 640 g/mol. The van der Waals surface area contributed by atoms with E-state index < -0.39 is 12.0 Å². The van der Waals surface area contributed by atoms with Crippen LogP contribution in [0.2, 0.25) is 0 Å². The maximum Gasteiger partial charge on any atom is 0.338 e. The quantitative estimate of drug-likeness (QED) is 0.209. The highest BCUT2D eigenvalue weighted by Gasteiger charge is 2.34. The number of furan rings is 1. The molecule has 1 aliphatic rings. The number of methoxy groups -OCH3 is 1. The maximum absolute atomic E-state index is 13.9. The second-order valence-corrected chi connectivity index (χ2v) is 12.0. The Kier molecular flexibility index (Phi) is 8.11. The van der Waals surface area contributed by atoms with Crippen LogP contribution in [-0.4, -0.2) is 33.7 Å². The molecule has 0 radical (unpaired) electrons. The van der Waals surface area contributed by atoms with Crippen LogP contribution in [0.3, 0.4) is 0 Å². The topological polar surface area (TPSA) is 109 Å². The average Bonchev–Trinajstić information content (AvgIpc) is 3.40. The largest absolute Gasteiger partial charge is 0.497 e. The lowest BCUT2D eigenvalue weighted by molar-refractivity contribution is -0.143. The minimum absolute atomic E-state index is 0.303. The van der Waals surface area contributed by atoms with Crippen LogP contribution in [0.25, 0.3) is 6.08 Å². The van der Waals surface area contributed by atoms with E-state index in [0.717, 1.165) is 5.69 Å². The van der Waals surface area contributed by atoms with E-state index >= 15 is 0 Å². The van der Waals surface area contributed by atoms with Gasteiger partial charge in [-0.2, -0.15) is 0 Å². The van der Waals surface area contributed by atoms with Gasteiger partial charge in [-0.1, -0.05) is 23.5 Å². The number of halogens is 1. The summed E-state index contributed by atoms with van der Waals surface area (Å²) in [5, 5.41) is 1.11. The van der Waals surface area contributed by atoms with Gasteiger partial charge in [0, 0.05) is 18.0 Å². The molecule has 1 aromatic carbocycles. The molecule has 0 fully saturated rings. The minimum atomic E-state index is -0.743. The number of nitrogens with zero attached hydrogens (tertiary/aromatic N) is 4. The Balaban J connectivity index is 1.61. The Morgan fingerprint density at radius 2 is 2.05 bits per heavy atom. The molecule has 0 unspecified atom stereocenters. The van der Waals surface area contributed by atoms with Crippen LogP contribution in [0.1, 0.15) is 43.8 Å². The number of allylic oxidation sites excluding steroid dienone is 1. The highest BCUT2D eigenvalue weighted by atomic mass is 79.9. The Bertz CT molecular complexity index is 1820. The fourth-order valence-electron chi connectivity index (χ4n) is 4.18. The summed E-state index contributed by atoms with van der Waals surface area (Å²) in [5.41, 5.74) is 2.04. The normalized spacial score (nSPS) is 15.3. The smallest absolute Gasteiger partial charge is 0.338 e. The van der Waals surface area contributed by atoms with Crippen molar-refractivity contribution in [3.05, 3.63) is 95.0 Å². The van der Waals surface area contributed by atoms with E-state index in [0.29, 0.717) is 52.4 Å². The first-order chi connectivity index (χ1) is 19.1. The second kappa shape index (κ2) is 11.6. The highest BCUT2D eigenvalue weighted by molar-refractivity contribution is 9.10. The lowest BCUT2D eigenvalue weighted by Crippen LogP contribution is -2.40. The van der Waals surface area contributed by atoms with Crippen LogP contribution in [0, 0.1) is 6.92 Å². The summed E-state index contributed by atoms with van der Waals surface area (Å²) in [4.78, 5) is 40.9. The van der Waals surface area contributed by atoms with Crippen molar-refractivity contribution in [3.8, 4) is 5.75 Å². The van der Waals surface area contributed by atoms with Crippen LogP contribution in [-0.2, 0) is 9.53 Å². The molecule has 1 aliphatic heterocycles. The molecule has 206 valence electrons. The van der Waals surface area contributed by atoms with Crippen molar-refractivity contribution < 1.29 is 18.7 Å². The van der Waals surface area contributed by atoms with Gasteiger partial charge in [-0.3, -0.25) is 9.36 Å². The number of hydrogen-bond donors (Lipinski definition) is 0. The number of carbonyl (C=O) groups is 1. The summed E-state index contributed by atoms with van der Waals surface area (Å²) in [6.07, 6.45) is 3.02. The van der Waals surface area contributed by atoms with Crippen LogP contribution in [0.4, 0.5) is 0 Å². The lowest BCUT2D eigenvalue weighted by atomic mass is 9.95. The number of fused-ring (bicyclic) bond motifs is 1. The fraction of sp³-hybridized carbons (Fsp3) is 0.250. The van der Waals surface area contributed by atoms with Crippen LogP contribution in [0.15, 0.2) is 82.8 Å². The van der Waals surface area contributed by atoms with Crippen molar-refractivity contribution in [1.29, 1.82) is 0 Å². The van der Waals surface area contributed by atoms with E-state index in [1.54, 1.807) is 46.2 Å². The minimum Gasteiger partial charge on any atom is -0.497 e. The van der Waals surface area contributed by atoms with E-state index in [4.69, 9.17) is 13.9 Å². The van der Waals surface area contributed by atoms with E-state index in [-0.39, 0.29) is 11.7 Å². The van der Waals surface area contributed by atoms with Crippen molar-refractivity contribution in [2.75, 3.05) is 7.11 Å². The maximum atomic E-state index is 13.9. The summed E-state index contributed by atoms with van der Waals surface area (Å²) >= 11 is 6.03. The summed E-state index contributed by atoms with van der Waals surface area (Å²) in [6, 6.07) is 10.2. The lowest BCUT2D eigenvalue weighted by Gasteiger charge is -2.25. The van der Waals surface area contributed by atoms with Gasteiger partial charge in [0.25, 0.3) is 5.56 Å². The number of aromatic nitrogens is 3. The van der Waals surface area contributed by atoms with E-state index in [9.17, 15) is 9.59 Å². The number of carbonyl (C=O) groups excluding carboxylic acids is 1. The zero-order valence-electron chi connectivity index (χ0n) is 22.3. The first-order valence-electron chi connectivity index (χ1n) is 12.3. The van der Waals surface area contributed by atoms with E-state index in [1.165, 1.54) is 27.7 Å². The average molecular weight is 642 g/mol. The zero-order valence-corrected chi connectivity index (χ0v) is 25.5. The molecule has 1 atom stereocenters. The summed E-state index contributed by atoms with van der Waals surface area (Å²) in [5.74, 6) is 0.558. The van der Waals surface area contributed by atoms with Crippen molar-refractivity contribution in [2.45, 2.75) is 50.1 Å². The van der Waals surface area contributed by atoms with Gasteiger partial charge in [-0.15, -0.1) is 0 Å². The van der Waals surface area contributed by atoms with Crippen molar-refractivity contribution in [3.63, 3.8) is 0 Å². The highest BCUT2D eigenvalue weighted by Crippen LogP contribution is 2.35. The Morgan fingerprint density at radius 3 is 2.77 bits per heavy atom. The van der Waals surface area contributed by atoms with Crippen LogP contribution < -0.4 is 19.6 Å². The molecule has 5 rings (SSSR count). The predicted molar refractivity (Wildman–Crippen MR) is 155 cm³/mol. The molecule has 0 spiro atoms. The third-order valence-electron chi connectivity index (χ3n) is 5.90. The number of thiazole rings is 1. The number of esters is 1. The molecular weight excluding hydrogens is 616 g/mol. The molecular formula is C28H25BrN4O5S2. The first-order valence-corrected chi connectivity index (χ1v) is 14.7. The molecule has 0 amide bonds. The van der Waals surface area contributed by atoms with Gasteiger partial charge in [0.1, 0.15) is 11.5 Å². The number of ether oxygens (including phenoxy) is 2. The van der Waals surface area contributed by atoms with E-state index in [2.05, 4.69) is 30.9 Å². The fourth-order valence-corrected chi connectivity index (χ4v) is 6.52. The van der Waals surface area contributed by atoms with Gasteiger partial charge >= 0.3 is 5.97 Å². The number of rotatable bonds is 7. The molecule has 0 aliphatic carbocycles. The number of hydrogen-bond acceptors (Lipinski definition) is 10. The third-order valence-corrected chi connectivity index (χ3v) is 8.60. The van der Waals surface area contributed by atoms with Crippen molar-refractivity contribution >= 4 is 51.1 Å². The van der Waals surface area contributed by atoms with Crippen LogP contribution in [0.5, 0.6) is 5.75 Å². The molecule has 0 N–H and O–H groups in total. The molecule has 4 heterocycles. The summed E-state index contributed by atoms with van der Waals surface area (Å²) < 4.78 is 19.7. The predicted octanol–water partition coefficient (Wildman–Crippen LogP) is 4.80. The standard InChI is InChI=1S/C28H25BrN4O5S2/c1-14(2)37-25(35)22-16(4)32-28-33(23(22)17-7-6-8-18(11-17)36-5)24(34)21(39-28)13-19-12-20(29)26(38-19)40-27-30-10-9-15(3)31-27/h6-14,23H,1-5H3/b21-13-/t23-/m0/s1. The molecule has 40 heavy (non-hydrogen) atoms. The molecule has 0 saturated heterocycles. The van der Waals surface area contributed by atoms with Gasteiger partial charge in [0.05, 0.1) is 39.5 Å². The summed E-state index contributed by atoms with van der Waals surface area (Å²) in [7, 11) is 1.57.